The lowest BCUT2D eigenvalue weighted by atomic mass is 10.7. The Hall–Kier alpha value is -1.91. The molecule has 1 rings (SSSR count). The highest BCUT2D eigenvalue weighted by atomic mass is 16.3. The summed E-state index contributed by atoms with van der Waals surface area (Å²) in [6.45, 7) is -1.41. The zero-order chi connectivity index (χ0) is 12.0. The predicted molar refractivity (Wildman–Crippen MR) is 52.0 cm³/mol. The smallest absolute Gasteiger partial charge is 0.274 e. The lowest BCUT2D eigenvalue weighted by Gasteiger charge is -2.16. The van der Waals surface area contributed by atoms with Gasteiger partial charge in [0.1, 0.15) is 20.2 Å². The van der Waals surface area contributed by atoms with Crippen molar-refractivity contribution in [3.8, 4) is 0 Å². The van der Waals surface area contributed by atoms with Gasteiger partial charge in [-0.15, -0.1) is 5.11 Å². The summed E-state index contributed by atoms with van der Waals surface area (Å²) in [6, 6.07) is 0. The van der Waals surface area contributed by atoms with Crippen LogP contribution >= 0.6 is 0 Å². The third kappa shape index (κ3) is 2.79. The van der Waals surface area contributed by atoms with E-state index in [1.807, 2.05) is 0 Å². The molecule has 1 aromatic heterocycles. The zero-order valence-corrected chi connectivity index (χ0v) is 8.20. The van der Waals surface area contributed by atoms with Gasteiger partial charge in [0, 0.05) is 0 Å². The number of nitrogens with zero attached hydrogens (tertiary/aromatic N) is 5. The molecule has 0 saturated heterocycles. The lowest BCUT2D eigenvalue weighted by Crippen LogP contribution is -2.27. The fourth-order valence-corrected chi connectivity index (χ4v) is 0.866. The fourth-order valence-electron chi connectivity index (χ4n) is 0.866. The average molecular weight is 229 g/mol. The standard InChI is InChI=1S/C6H11N7O3/c7-12-5-9-4(8-1-14)10-6(11-5)13(2-15)3-16/h7,14-16H,1-3H2,(H,8,9,10,11). The molecule has 0 radical (unpaired) electrons. The van der Waals surface area contributed by atoms with Crippen LogP contribution in [-0.4, -0.2) is 50.5 Å². The molecule has 0 aliphatic rings. The number of rotatable bonds is 6. The van der Waals surface area contributed by atoms with Crippen LogP contribution in [0.3, 0.4) is 0 Å². The van der Waals surface area contributed by atoms with E-state index in [1.54, 1.807) is 0 Å². The minimum Gasteiger partial charge on any atom is -0.376 e. The second-order valence-electron chi connectivity index (χ2n) is 2.53. The first kappa shape index (κ1) is 12.2. The molecule has 0 atom stereocenters. The number of anilines is 2. The van der Waals surface area contributed by atoms with E-state index in [9.17, 15) is 0 Å². The number of hydrogen-bond acceptors (Lipinski definition) is 10. The zero-order valence-electron chi connectivity index (χ0n) is 8.20. The van der Waals surface area contributed by atoms with Crippen molar-refractivity contribution in [1.82, 2.24) is 15.0 Å². The van der Waals surface area contributed by atoms with Gasteiger partial charge in [0.05, 0.1) is 0 Å². The quantitative estimate of drug-likeness (QED) is 0.295. The van der Waals surface area contributed by atoms with Gasteiger partial charge in [-0.25, -0.2) is 5.53 Å². The number of nitrogens with one attached hydrogen (secondary N) is 2. The Bertz CT molecular complexity index is 356. The maximum atomic E-state index is 8.88. The summed E-state index contributed by atoms with van der Waals surface area (Å²) in [6.07, 6.45) is 0. The van der Waals surface area contributed by atoms with Crippen molar-refractivity contribution in [2.75, 3.05) is 30.4 Å². The van der Waals surface area contributed by atoms with Gasteiger partial charge in [-0.05, 0) is 0 Å². The van der Waals surface area contributed by atoms with Gasteiger partial charge in [0.15, 0.2) is 0 Å². The van der Waals surface area contributed by atoms with Crippen LogP contribution in [0.2, 0.25) is 0 Å². The number of aliphatic hydroxyl groups is 3. The summed E-state index contributed by atoms with van der Waals surface area (Å²) in [4.78, 5) is 12.1. The highest BCUT2D eigenvalue weighted by Gasteiger charge is 2.11. The Morgan fingerprint density at radius 3 is 2.38 bits per heavy atom. The number of aromatic nitrogens is 3. The lowest BCUT2D eigenvalue weighted by molar-refractivity contribution is 0.220. The summed E-state index contributed by atoms with van der Waals surface area (Å²) in [5.74, 6) is -0.264. The predicted octanol–water partition coefficient (Wildman–Crippen LogP) is -1.40. The third-order valence-corrected chi connectivity index (χ3v) is 1.57. The van der Waals surface area contributed by atoms with Crippen molar-refractivity contribution >= 4 is 17.8 Å². The monoisotopic (exact) mass is 229 g/mol. The van der Waals surface area contributed by atoms with Gasteiger partial charge in [-0.1, -0.05) is 0 Å². The molecule has 88 valence electrons. The van der Waals surface area contributed by atoms with Crippen molar-refractivity contribution in [2.24, 2.45) is 5.11 Å². The highest BCUT2D eigenvalue weighted by Crippen LogP contribution is 2.14. The molecular formula is C6H11N7O3. The van der Waals surface area contributed by atoms with Crippen LogP contribution in [0.4, 0.5) is 17.8 Å². The average Bonchev–Trinajstić information content (AvgIpc) is 2.31. The van der Waals surface area contributed by atoms with Gasteiger partial charge < -0.3 is 20.6 Å². The molecule has 16 heavy (non-hydrogen) atoms. The molecule has 0 amide bonds. The van der Waals surface area contributed by atoms with Crippen LogP contribution in [0.25, 0.3) is 0 Å². The van der Waals surface area contributed by atoms with Gasteiger partial charge in [0.2, 0.25) is 11.9 Å². The second kappa shape index (κ2) is 5.85. The third-order valence-electron chi connectivity index (χ3n) is 1.57. The van der Waals surface area contributed by atoms with Gasteiger partial charge >= 0.3 is 0 Å². The Morgan fingerprint density at radius 1 is 1.19 bits per heavy atom. The van der Waals surface area contributed by atoms with E-state index in [4.69, 9.17) is 20.9 Å². The van der Waals surface area contributed by atoms with E-state index in [0.29, 0.717) is 0 Å². The molecule has 0 aliphatic carbocycles. The fraction of sp³-hybridized carbons (Fsp3) is 0.500. The van der Waals surface area contributed by atoms with Gasteiger partial charge in [-0.3, -0.25) is 4.90 Å². The summed E-state index contributed by atoms with van der Waals surface area (Å²) < 4.78 is 0. The first-order chi connectivity index (χ1) is 7.74. The Balaban J connectivity index is 3.07. The molecule has 0 fully saturated rings. The van der Waals surface area contributed by atoms with E-state index in [1.165, 1.54) is 0 Å². The van der Waals surface area contributed by atoms with Gasteiger partial charge in [0.25, 0.3) is 5.95 Å². The summed E-state index contributed by atoms with van der Waals surface area (Å²) in [5, 5.41) is 31.8. The minimum atomic E-state index is -0.503. The molecular weight excluding hydrogens is 218 g/mol. The Morgan fingerprint density at radius 2 is 1.88 bits per heavy atom. The van der Waals surface area contributed by atoms with Crippen LogP contribution in [0.15, 0.2) is 5.11 Å². The second-order valence-corrected chi connectivity index (χ2v) is 2.53. The summed E-state index contributed by atoms with van der Waals surface area (Å²) in [5.41, 5.74) is 6.76. The molecule has 0 aliphatic heterocycles. The van der Waals surface area contributed by atoms with Crippen molar-refractivity contribution in [3.05, 3.63) is 0 Å². The van der Waals surface area contributed by atoms with E-state index in [2.05, 4.69) is 25.4 Å². The maximum Gasteiger partial charge on any atom is 0.274 e. The maximum absolute atomic E-state index is 8.88. The van der Waals surface area contributed by atoms with E-state index < -0.39 is 20.2 Å². The Labute approximate surface area is 90.1 Å². The molecule has 10 heteroatoms. The Kier molecular flexibility index (Phi) is 4.44. The van der Waals surface area contributed by atoms with Crippen molar-refractivity contribution < 1.29 is 15.3 Å². The van der Waals surface area contributed by atoms with E-state index in [-0.39, 0.29) is 17.8 Å². The van der Waals surface area contributed by atoms with Crippen LogP contribution in [0.5, 0.6) is 0 Å². The van der Waals surface area contributed by atoms with Crippen molar-refractivity contribution in [1.29, 1.82) is 5.53 Å². The molecule has 1 heterocycles. The molecule has 0 spiro atoms. The molecule has 0 bridgehead atoms. The molecule has 10 nitrogen and oxygen atoms in total. The van der Waals surface area contributed by atoms with Crippen molar-refractivity contribution in [2.45, 2.75) is 0 Å². The van der Waals surface area contributed by atoms with E-state index in [0.717, 1.165) is 4.90 Å². The number of aliphatic hydroxyl groups excluding tert-OH is 3. The largest absolute Gasteiger partial charge is 0.376 e. The summed E-state index contributed by atoms with van der Waals surface area (Å²) >= 11 is 0. The molecule has 5 N–H and O–H groups in total. The summed E-state index contributed by atoms with van der Waals surface area (Å²) in [7, 11) is 0. The van der Waals surface area contributed by atoms with Crippen molar-refractivity contribution in [3.63, 3.8) is 0 Å². The molecule has 0 unspecified atom stereocenters. The topological polar surface area (TPSA) is 151 Å². The number of hydrogen-bond donors (Lipinski definition) is 5. The first-order valence-corrected chi connectivity index (χ1v) is 4.20. The normalized spacial score (nSPS) is 9.94. The van der Waals surface area contributed by atoms with Crippen LogP contribution < -0.4 is 10.2 Å². The van der Waals surface area contributed by atoms with Crippen LogP contribution in [0.1, 0.15) is 0 Å². The molecule has 0 saturated carbocycles. The first-order valence-electron chi connectivity index (χ1n) is 4.20. The minimum absolute atomic E-state index is 0.00889. The molecule has 1 aromatic rings. The highest BCUT2D eigenvalue weighted by molar-refractivity contribution is 5.40. The van der Waals surface area contributed by atoms with Crippen LogP contribution in [-0.2, 0) is 0 Å². The van der Waals surface area contributed by atoms with E-state index >= 15 is 0 Å². The molecule has 0 aromatic carbocycles. The van der Waals surface area contributed by atoms with Crippen LogP contribution in [0, 0.1) is 5.53 Å². The SMILES string of the molecule is N=Nc1nc(NCO)nc(N(CO)CO)n1. The van der Waals surface area contributed by atoms with Gasteiger partial charge in [-0.2, -0.15) is 15.0 Å².